The van der Waals surface area contributed by atoms with Crippen LogP contribution < -0.4 is 10.1 Å². The van der Waals surface area contributed by atoms with Crippen LogP contribution in [0.3, 0.4) is 0 Å². The van der Waals surface area contributed by atoms with Gasteiger partial charge in [0.15, 0.2) is 0 Å². The molecule has 21 heavy (non-hydrogen) atoms. The normalized spacial score (nSPS) is 11.0. The molecular formula is C15H21FN4O. The lowest BCUT2D eigenvalue weighted by Crippen LogP contribution is -2.19. The summed E-state index contributed by atoms with van der Waals surface area (Å²) in [6, 6.07) is 5.97. The number of rotatable bonds is 8. The molecule has 6 heteroatoms. The van der Waals surface area contributed by atoms with Crippen LogP contribution in [0.15, 0.2) is 30.5 Å². The topological polar surface area (TPSA) is 52.0 Å². The second kappa shape index (κ2) is 7.73. The van der Waals surface area contributed by atoms with Gasteiger partial charge in [-0.3, -0.25) is 0 Å². The fraction of sp³-hybridized carbons (Fsp3) is 0.467. The fourth-order valence-electron chi connectivity index (χ4n) is 1.81. The molecule has 0 spiro atoms. The third kappa shape index (κ3) is 5.51. The summed E-state index contributed by atoms with van der Waals surface area (Å²) < 4.78 is 20.0. The quantitative estimate of drug-likeness (QED) is 0.810. The first-order valence-electron chi connectivity index (χ1n) is 7.11. The second-order valence-corrected chi connectivity index (χ2v) is 5.30. The standard InChI is InChI=1S/C15H21FN4O/c1-12(2)9-17-10-14-11-20(19-18-14)7-8-21-15-5-3-13(16)4-6-15/h3-6,11-12,17H,7-10H2,1-2H3. The van der Waals surface area contributed by atoms with E-state index < -0.39 is 0 Å². The zero-order valence-corrected chi connectivity index (χ0v) is 12.4. The molecule has 1 N–H and O–H groups in total. The highest BCUT2D eigenvalue weighted by molar-refractivity contribution is 5.21. The first-order valence-corrected chi connectivity index (χ1v) is 7.11. The lowest BCUT2D eigenvalue weighted by atomic mass is 10.2. The van der Waals surface area contributed by atoms with Crippen molar-refractivity contribution < 1.29 is 9.13 Å². The van der Waals surface area contributed by atoms with Gasteiger partial charge in [-0.15, -0.1) is 5.10 Å². The summed E-state index contributed by atoms with van der Waals surface area (Å²) in [6.07, 6.45) is 1.90. The van der Waals surface area contributed by atoms with Crippen molar-refractivity contribution in [1.82, 2.24) is 20.3 Å². The van der Waals surface area contributed by atoms with Crippen LogP contribution >= 0.6 is 0 Å². The van der Waals surface area contributed by atoms with Gasteiger partial charge in [0.05, 0.1) is 12.2 Å². The van der Waals surface area contributed by atoms with Crippen LogP contribution in [0, 0.1) is 11.7 Å². The van der Waals surface area contributed by atoms with Crippen LogP contribution in [0.1, 0.15) is 19.5 Å². The summed E-state index contributed by atoms with van der Waals surface area (Å²) in [4.78, 5) is 0. The minimum Gasteiger partial charge on any atom is -0.492 e. The van der Waals surface area contributed by atoms with Crippen molar-refractivity contribution in [3.05, 3.63) is 42.0 Å². The summed E-state index contributed by atoms with van der Waals surface area (Å²) >= 11 is 0. The molecule has 2 aromatic rings. The molecule has 0 aliphatic heterocycles. The van der Waals surface area contributed by atoms with Crippen molar-refractivity contribution in [3.8, 4) is 5.75 Å². The number of aromatic nitrogens is 3. The van der Waals surface area contributed by atoms with Crippen molar-refractivity contribution in [3.63, 3.8) is 0 Å². The lowest BCUT2D eigenvalue weighted by Gasteiger charge is -2.05. The van der Waals surface area contributed by atoms with Crippen LogP contribution in [-0.2, 0) is 13.1 Å². The Morgan fingerprint density at radius 3 is 2.76 bits per heavy atom. The van der Waals surface area contributed by atoms with E-state index in [1.54, 1.807) is 16.8 Å². The van der Waals surface area contributed by atoms with E-state index in [0.29, 0.717) is 24.8 Å². The van der Waals surface area contributed by atoms with E-state index in [-0.39, 0.29) is 5.82 Å². The summed E-state index contributed by atoms with van der Waals surface area (Å²) in [5.74, 6) is 0.997. The van der Waals surface area contributed by atoms with Crippen LogP contribution in [0.5, 0.6) is 5.75 Å². The van der Waals surface area contributed by atoms with Crippen LogP contribution in [0.2, 0.25) is 0 Å². The van der Waals surface area contributed by atoms with Gasteiger partial charge in [0.25, 0.3) is 0 Å². The predicted octanol–water partition coefficient (Wildman–Crippen LogP) is 2.24. The highest BCUT2D eigenvalue weighted by Gasteiger charge is 2.02. The maximum atomic E-state index is 12.7. The molecule has 0 aliphatic rings. The average Bonchev–Trinajstić information content (AvgIpc) is 2.88. The van der Waals surface area contributed by atoms with E-state index in [0.717, 1.165) is 18.8 Å². The van der Waals surface area contributed by atoms with Gasteiger partial charge in [0, 0.05) is 12.7 Å². The van der Waals surface area contributed by atoms with Crippen molar-refractivity contribution in [2.24, 2.45) is 5.92 Å². The number of ether oxygens (including phenoxy) is 1. The number of hydrogen-bond acceptors (Lipinski definition) is 4. The van der Waals surface area contributed by atoms with Gasteiger partial charge in [0.2, 0.25) is 0 Å². The molecule has 2 rings (SSSR count). The van der Waals surface area contributed by atoms with E-state index in [1.807, 2.05) is 6.20 Å². The van der Waals surface area contributed by atoms with E-state index in [9.17, 15) is 4.39 Å². The monoisotopic (exact) mass is 292 g/mol. The summed E-state index contributed by atoms with van der Waals surface area (Å²) in [5, 5.41) is 11.5. The molecule has 0 atom stereocenters. The van der Waals surface area contributed by atoms with E-state index >= 15 is 0 Å². The molecule has 0 amide bonds. The molecule has 0 saturated carbocycles. The highest BCUT2D eigenvalue weighted by atomic mass is 19.1. The van der Waals surface area contributed by atoms with Crippen molar-refractivity contribution in [2.45, 2.75) is 26.9 Å². The van der Waals surface area contributed by atoms with Gasteiger partial charge in [0.1, 0.15) is 18.2 Å². The fourth-order valence-corrected chi connectivity index (χ4v) is 1.81. The van der Waals surface area contributed by atoms with Gasteiger partial charge in [-0.1, -0.05) is 19.1 Å². The molecule has 0 saturated heterocycles. The molecule has 1 heterocycles. The van der Waals surface area contributed by atoms with Crippen LogP contribution in [-0.4, -0.2) is 28.1 Å². The molecule has 1 aromatic heterocycles. The molecule has 5 nitrogen and oxygen atoms in total. The summed E-state index contributed by atoms with van der Waals surface area (Å²) in [5.41, 5.74) is 0.914. The lowest BCUT2D eigenvalue weighted by molar-refractivity contribution is 0.289. The Hall–Kier alpha value is -1.95. The van der Waals surface area contributed by atoms with E-state index in [2.05, 4.69) is 29.5 Å². The molecule has 0 bridgehead atoms. The molecule has 1 aromatic carbocycles. The van der Waals surface area contributed by atoms with Gasteiger partial charge < -0.3 is 10.1 Å². The van der Waals surface area contributed by atoms with Crippen molar-refractivity contribution in [1.29, 1.82) is 0 Å². The Balaban J connectivity index is 1.71. The largest absolute Gasteiger partial charge is 0.492 e. The molecule has 0 radical (unpaired) electrons. The van der Waals surface area contributed by atoms with Crippen LogP contribution in [0.25, 0.3) is 0 Å². The third-order valence-electron chi connectivity index (χ3n) is 2.85. The Labute approximate surface area is 124 Å². The number of hydrogen-bond donors (Lipinski definition) is 1. The molecule has 0 fully saturated rings. The number of nitrogens with zero attached hydrogens (tertiary/aromatic N) is 3. The Kier molecular flexibility index (Phi) is 5.68. The van der Waals surface area contributed by atoms with Crippen molar-refractivity contribution in [2.75, 3.05) is 13.2 Å². The van der Waals surface area contributed by atoms with Gasteiger partial charge in [-0.25, -0.2) is 9.07 Å². The van der Waals surface area contributed by atoms with Gasteiger partial charge in [-0.2, -0.15) is 0 Å². The number of nitrogens with one attached hydrogen (secondary N) is 1. The Bertz CT molecular complexity index is 539. The summed E-state index contributed by atoms with van der Waals surface area (Å²) in [7, 11) is 0. The zero-order chi connectivity index (χ0) is 15.1. The molecule has 0 unspecified atom stereocenters. The maximum absolute atomic E-state index is 12.7. The second-order valence-electron chi connectivity index (χ2n) is 5.30. The first kappa shape index (κ1) is 15.4. The minimum absolute atomic E-state index is 0.267. The summed E-state index contributed by atoms with van der Waals surface area (Å²) in [6.45, 7) is 7.08. The highest BCUT2D eigenvalue weighted by Crippen LogP contribution is 2.10. The zero-order valence-electron chi connectivity index (χ0n) is 12.4. The van der Waals surface area contributed by atoms with Crippen LogP contribution in [0.4, 0.5) is 4.39 Å². The number of halogens is 1. The Morgan fingerprint density at radius 1 is 1.29 bits per heavy atom. The molecular weight excluding hydrogens is 271 g/mol. The molecule has 0 aliphatic carbocycles. The van der Waals surface area contributed by atoms with Crippen molar-refractivity contribution >= 4 is 0 Å². The van der Waals surface area contributed by atoms with Gasteiger partial charge in [-0.05, 0) is 36.7 Å². The Morgan fingerprint density at radius 2 is 2.05 bits per heavy atom. The smallest absolute Gasteiger partial charge is 0.123 e. The average molecular weight is 292 g/mol. The first-order chi connectivity index (χ1) is 10.1. The molecule has 114 valence electrons. The van der Waals surface area contributed by atoms with E-state index in [1.165, 1.54) is 12.1 Å². The SMILES string of the molecule is CC(C)CNCc1cn(CCOc2ccc(F)cc2)nn1. The number of benzene rings is 1. The van der Waals surface area contributed by atoms with E-state index in [4.69, 9.17) is 4.74 Å². The predicted molar refractivity (Wildman–Crippen MR) is 78.5 cm³/mol. The minimum atomic E-state index is -0.267. The maximum Gasteiger partial charge on any atom is 0.123 e. The van der Waals surface area contributed by atoms with Gasteiger partial charge >= 0.3 is 0 Å². The third-order valence-corrected chi connectivity index (χ3v) is 2.85.